The summed E-state index contributed by atoms with van der Waals surface area (Å²) in [6.45, 7) is 2.00. The molecular weight excluding hydrogens is 301 g/mol. The van der Waals surface area contributed by atoms with Gasteiger partial charge in [-0.05, 0) is 0 Å². The molecule has 0 atom stereocenters. The summed E-state index contributed by atoms with van der Waals surface area (Å²) in [4.78, 5) is 20.0. The van der Waals surface area contributed by atoms with Crippen LogP contribution >= 0.6 is 0 Å². The molecule has 0 heterocycles. The fraction of sp³-hybridized carbons (Fsp3) is 0.889. The van der Waals surface area contributed by atoms with Crippen LogP contribution in [0, 0.1) is 0 Å². The van der Waals surface area contributed by atoms with Crippen LogP contribution in [0.1, 0.15) is 96.8 Å². The summed E-state index contributed by atoms with van der Waals surface area (Å²) in [5, 5.41) is 7.60. The zero-order valence-electron chi connectivity index (χ0n) is 15.4. The number of hydrogen-bond donors (Lipinski definition) is 2. The largest absolute Gasteiger partial charge is 0.480 e. The third-order valence-corrected chi connectivity index (χ3v) is 4.31. The molecule has 0 aliphatic carbocycles. The fourth-order valence-electron chi connectivity index (χ4n) is 2.39. The Morgan fingerprint density at radius 1 is 0.783 bits per heavy atom. The standard InChI is InChI=1S/C16H31O.C2H5NO2.Na/c1-2-3-4-5-6-7-8-9-10-11-12-13-14-15-16-17;3-1-2(4)5;/h2-15H2,1H3;1,3H2,(H,4,5);. The van der Waals surface area contributed by atoms with Crippen molar-refractivity contribution in [3.63, 3.8) is 0 Å². The quantitative estimate of drug-likeness (QED) is 0.347. The number of carboxylic acid groups (broad SMARTS) is 1. The molecule has 0 saturated carbocycles. The van der Waals surface area contributed by atoms with Crippen LogP contribution in [-0.2, 0) is 9.59 Å². The molecule has 0 spiro atoms. The van der Waals surface area contributed by atoms with E-state index < -0.39 is 5.97 Å². The summed E-state index contributed by atoms with van der Waals surface area (Å²) in [5.41, 5.74) is 4.57. The molecule has 0 fully saturated rings. The number of carbonyl (C=O) groups excluding carboxylic acids is 1. The Kier molecular flexibility index (Phi) is 24.3. The zero-order chi connectivity index (χ0) is 17.8. The molecule has 0 aromatic rings. The van der Waals surface area contributed by atoms with Gasteiger partial charge in [0.1, 0.15) is 0 Å². The third-order valence-electron chi connectivity index (χ3n) is 3.81. The van der Waals surface area contributed by atoms with Gasteiger partial charge in [0.15, 0.2) is 0 Å². The van der Waals surface area contributed by atoms with Gasteiger partial charge in [0.05, 0.1) is 6.54 Å². The fourth-order valence-corrected chi connectivity index (χ4v) is 2.75. The number of carbonyl (C=O) groups is 2. The molecule has 3 N–H and O–H groups in total. The van der Waals surface area contributed by atoms with E-state index in [-0.39, 0.29) is 6.54 Å². The Balaban J connectivity index is 0. The smallest absolute Gasteiger partial charge is 0.317 e. The van der Waals surface area contributed by atoms with Crippen molar-refractivity contribution in [2.45, 2.75) is 96.8 Å². The molecule has 23 heavy (non-hydrogen) atoms. The Morgan fingerprint density at radius 3 is 1.35 bits per heavy atom. The Hall–Kier alpha value is 0.1000. The van der Waals surface area contributed by atoms with Crippen molar-refractivity contribution < 1.29 is 14.7 Å². The Labute approximate surface area is 160 Å². The first-order chi connectivity index (χ1) is 11.0. The molecule has 0 aliphatic heterocycles. The number of hydrogen-bond acceptors (Lipinski definition) is 3. The Morgan fingerprint density at radius 2 is 1.09 bits per heavy atom. The van der Waals surface area contributed by atoms with E-state index in [4.69, 9.17) is 5.11 Å². The second-order valence-electron chi connectivity index (χ2n) is 6.29. The van der Waals surface area contributed by atoms with Crippen molar-refractivity contribution in [2.75, 3.05) is 6.54 Å². The zero-order valence-corrected chi connectivity index (χ0v) is 17.4. The molecule has 0 aromatic heterocycles. The maximum atomic E-state index is 10.8. The summed E-state index contributed by atoms with van der Waals surface area (Å²) in [6, 6.07) is 0. The van der Waals surface area contributed by atoms with Gasteiger partial charge in [-0.1, -0.05) is 26.2 Å². The molecule has 0 rings (SSSR count). The van der Waals surface area contributed by atoms with Crippen LogP contribution in [0.25, 0.3) is 0 Å². The minimum Gasteiger partial charge on any atom is -0.480 e. The predicted molar refractivity (Wildman–Crippen MR) is 97.8 cm³/mol. The normalized spacial score (nSPS) is 10.1. The molecular formula is C18H36NNaO3. The molecule has 0 saturated heterocycles. The van der Waals surface area contributed by atoms with Gasteiger partial charge in [-0.2, -0.15) is 0 Å². The van der Waals surface area contributed by atoms with E-state index in [2.05, 4.69) is 12.7 Å². The van der Waals surface area contributed by atoms with Gasteiger partial charge in [-0.15, -0.1) is 0 Å². The molecule has 0 radical (unpaired) electrons. The maximum absolute atomic E-state index is 10.8. The third kappa shape index (κ3) is 30.5. The first-order valence-electron chi connectivity index (χ1n) is 9.45. The van der Waals surface area contributed by atoms with Gasteiger partial charge < -0.3 is 10.8 Å². The van der Waals surface area contributed by atoms with E-state index >= 15 is 0 Å². The molecule has 4 nitrogen and oxygen atoms in total. The van der Waals surface area contributed by atoms with Crippen molar-refractivity contribution in [2.24, 2.45) is 5.73 Å². The van der Waals surface area contributed by atoms with Crippen molar-refractivity contribution in [1.82, 2.24) is 0 Å². The summed E-state index contributed by atoms with van der Waals surface area (Å²) in [7, 11) is 0. The monoisotopic (exact) mass is 337 g/mol. The molecule has 5 heteroatoms. The second-order valence-corrected chi connectivity index (χ2v) is 7.41. The van der Waals surface area contributed by atoms with Crippen LogP contribution in [0.15, 0.2) is 0 Å². The van der Waals surface area contributed by atoms with Gasteiger partial charge in [0.25, 0.3) is 0 Å². The average molecular weight is 337 g/mol. The number of rotatable bonds is 15. The van der Waals surface area contributed by atoms with Crippen LogP contribution in [0.5, 0.6) is 0 Å². The first-order valence-corrected chi connectivity index (χ1v) is 10.5. The van der Waals surface area contributed by atoms with Crippen molar-refractivity contribution in [3.05, 3.63) is 0 Å². The summed E-state index contributed by atoms with van der Waals surface area (Å²) in [6.07, 6.45) is 18.8. The minimum atomic E-state index is -0.968. The van der Waals surface area contributed by atoms with Crippen LogP contribution in [-0.4, -0.2) is 48.6 Å². The summed E-state index contributed by atoms with van der Waals surface area (Å²) < 4.78 is 0.484. The van der Waals surface area contributed by atoms with Gasteiger partial charge in [-0.25, -0.2) is 0 Å². The maximum Gasteiger partial charge on any atom is 0.317 e. The van der Waals surface area contributed by atoms with Crippen LogP contribution in [0.2, 0.25) is 0 Å². The van der Waals surface area contributed by atoms with E-state index in [1.807, 2.05) is 0 Å². The van der Waals surface area contributed by atoms with Crippen molar-refractivity contribution in [3.8, 4) is 0 Å². The Bertz CT molecular complexity index is 273. The van der Waals surface area contributed by atoms with E-state index in [0.717, 1.165) is 40.8 Å². The van der Waals surface area contributed by atoms with E-state index in [0.29, 0.717) is 3.03 Å². The summed E-state index contributed by atoms with van der Waals surface area (Å²) >= 11 is 0.751. The molecule has 132 valence electrons. The van der Waals surface area contributed by atoms with Crippen LogP contribution in [0.3, 0.4) is 0 Å². The van der Waals surface area contributed by atoms with Gasteiger partial charge >= 0.3 is 112 Å². The first kappa shape index (κ1) is 25.3. The van der Waals surface area contributed by atoms with Crippen molar-refractivity contribution in [1.29, 1.82) is 0 Å². The summed E-state index contributed by atoms with van der Waals surface area (Å²) in [5.74, 6) is -0.968. The van der Waals surface area contributed by atoms with Gasteiger partial charge in [-0.3, -0.25) is 4.79 Å². The number of carboxylic acids is 1. The second kappa shape index (κ2) is 22.1. The number of unbranched alkanes of at least 4 members (excludes halogenated alkanes) is 12. The topological polar surface area (TPSA) is 80.4 Å². The molecule has 0 aliphatic rings. The average Bonchev–Trinajstić information content (AvgIpc) is 2.52. The molecule has 0 bridgehead atoms. The SMILES string of the molecule is CCCCCCCCCCCCCCC[C](=O)[Na].NCC(=O)O. The predicted octanol–water partition coefficient (Wildman–Crippen LogP) is 4.19. The number of aliphatic carboxylic acids is 1. The van der Waals surface area contributed by atoms with Crippen LogP contribution < -0.4 is 5.73 Å². The van der Waals surface area contributed by atoms with E-state index in [9.17, 15) is 9.59 Å². The van der Waals surface area contributed by atoms with Crippen LogP contribution in [0.4, 0.5) is 0 Å². The van der Waals surface area contributed by atoms with Gasteiger partial charge in [0, 0.05) is 0 Å². The van der Waals surface area contributed by atoms with E-state index in [1.54, 1.807) is 0 Å². The molecule has 0 amide bonds. The van der Waals surface area contributed by atoms with E-state index in [1.165, 1.54) is 77.0 Å². The van der Waals surface area contributed by atoms with Gasteiger partial charge in [0.2, 0.25) is 0 Å². The molecule has 0 aromatic carbocycles. The molecule has 0 unspecified atom stereocenters. The number of nitrogens with two attached hydrogens (primary N) is 1. The minimum absolute atomic E-state index is 0.278. The van der Waals surface area contributed by atoms with Crippen molar-refractivity contribution >= 4 is 36.9 Å².